The summed E-state index contributed by atoms with van der Waals surface area (Å²) in [5.74, 6) is 2.54. The zero-order chi connectivity index (χ0) is 22.3. The maximum Gasteiger partial charge on any atom is 0.191 e. The molecule has 1 aromatic heterocycles. The van der Waals surface area contributed by atoms with E-state index in [0.717, 1.165) is 31.8 Å². The van der Waals surface area contributed by atoms with E-state index in [0.29, 0.717) is 23.7 Å². The molecule has 0 radical (unpaired) electrons. The summed E-state index contributed by atoms with van der Waals surface area (Å²) in [5.41, 5.74) is 0.153. The van der Waals surface area contributed by atoms with Crippen molar-refractivity contribution in [3.05, 3.63) is 54.0 Å². The molecule has 1 aromatic carbocycles. The largest absolute Gasteiger partial charge is 0.497 e. The van der Waals surface area contributed by atoms with Gasteiger partial charge in [-0.1, -0.05) is 12.1 Å². The van der Waals surface area contributed by atoms with Gasteiger partial charge in [0.05, 0.1) is 19.9 Å². The van der Waals surface area contributed by atoms with E-state index in [4.69, 9.17) is 9.15 Å². The Morgan fingerprint density at radius 1 is 1.28 bits per heavy atom. The third-order valence-corrected chi connectivity index (χ3v) is 5.94. The van der Waals surface area contributed by atoms with Crippen LogP contribution < -0.4 is 15.4 Å². The fourth-order valence-electron chi connectivity index (χ4n) is 4.27. The van der Waals surface area contributed by atoms with E-state index in [-0.39, 0.29) is 30.5 Å². The van der Waals surface area contributed by atoms with Gasteiger partial charge in [0.2, 0.25) is 0 Å². The number of furan rings is 1. The second-order valence-electron chi connectivity index (χ2n) is 8.43. The number of rotatable bonds is 8. The van der Waals surface area contributed by atoms with Crippen LogP contribution in [0.5, 0.6) is 5.75 Å². The molecule has 7 nitrogen and oxygen atoms in total. The van der Waals surface area contributed by atoms with Gasteiger partial charge in [-0.15, -0.1) is 24.0 Å². The molecule has 0 spiro atoms. The summed E-state index contributed by atoms with van der Waals surface area (Å²) >= 11 is 0. The lowest BCUT2D eigenvalue weighted by Gasteiger charge is -2.40. The van der Waals surface area contributed by atoms with Crippen molar-refractivity contribution in [2.75, 3.05) is 40.3 Å². The molecule has 1 saturated heterocycles. The summed E-state index contributed by atoms with van der Waals surface area (Å²) in [6.45, 7) is 6.61. The molecule has 0 aliphatic carbocycles. The first-order valence-electron chi connectivity index (χ1n) is 11.1. The summed E-state index contributed by atoms with van der Waals surface area (Å²) < 4.78 is 10.7. The number of aliphatic hydroxyl groups is 1. The molecule has 3 unspecified atom stereocenters. The van der Waals surface area contributed by atoms with E-state index in [1.54, 1.807) is 32.4 Å². The Hall–Kier alpha value is -1.78. The number of ether oxygens (including phenoxy) is 1. The average molecular weight is 556 g/mol. The first-order chi connectivity index (χ1) is 14.9. The second kappa shape index (κ2) is 12.5. The molecular formula is C24H37IN4O3. The Labute approximate surface area is 208 Å². The van der Waals surface area contributed by atoms with E-state index >= 15 is 0 Å². The average Bonchev–Trinajstić information content (AvgIpc) is 3.32. The molecule has 2 heterocycles. The zero-order valence-electron chi connectivity index (χ0n) is 19.5. The summed E-state index contributed by atoms with van der Waals surface area (Å²) in [7, 11) is 3.89. The molecule has 3 rings (SSSR count). The number of halogens is 1. The van der Waals surface area contributed by atoms with E-state index in [1.807, 2.05) is 19.1 Å². The quantitative estimate of drug-likeness (QED) is 0.261. The predicted octanol–water partition coefficient (Wildman–Crippen LogP) is 3.75. The van der Waals surface area contributed by atoms with Crippen molar-refractivity contribution < 1.29 is 14.3 Å². The monoisotopic (exact) mass is 556 g/mol. The van der Waals surface area contributed by atoms with Crippen molar-refractivity contribution >= 4 is 29.9 Å². The summed E-state index contributed by atoms with van der Waals surface area (Å²) in [6, 6.07) is 12.3. The number of nitrogens with zero attached hydrogens (tertiary/aromatic N) is 2. The van der Waals surface area contributed by atoms with Crippen molar-refractivity contribution in [2.45, 2.75) is 38.3 Å². The molecule has 3 N–H and O–H groups in total. The molecule has 32 heavy (non-hydrogen) atoms. The van der Waals surface area contributed by atoms with E-state index in [1.165, 1.54) is 12.0 Å². The van der Waals surface area contributed by atoms with Gasteiger partial charge in [0.25, 0.3) is 0 Å². The Bertz CT molecular complexity index is 824. The number of likely N-dealkylation sites (tertiary alicyclic amines) is 1. The fraction of sp³-hybridized carbons (Fsp3) is 0.542. The van der Waals surface area contributed by atoms with Crippen molar-refractivity contribution in [1.82, 2.24) is 15.5 Å². The minimum Gasteiger partial charge on any atom is -0.497 e. The van der Waals surface area contributed by atoms with Gasteiger partial charge in [0.1, 0.15) is 17.1 Å². The van der Waals surface area contributed by atoms with Crippen LogP contribution in [0.3, 0.4) is 0 Å². The number of methoxy groups -OCH3 is 1. The van der Waals surface area contributed by atoms with Crippen LogP contribution in [0.2, 0.25) is 0 Å². The maximum atomic E-state index is 10.7. The third-order valence-electron chi connectivity index (χ3n) is 5.94. The molecule has 1 fully saturated rings. The van der Waals surface area contributed by atoms with Crippen LogP contribution in [0, 0.1) is 5.92 Å². The van der Waals surface area contributed by atoms with Crippen molar-refractivity contribution in [3.8, 4) is 5.75 Å². The smallest absolute Gasteiger partial charge is 0.191 e. The number of nitrogens with one attached hydrogen (secondary N) is 2. The van der Waals surface area contributed by atoms with Gasteiger partial charge in [0, 0.05) is 19.1 Å². The highest BCUT2D eigenvalue weighted by Crippen LogP contribution is 2.35. The lowest BCUT2D eigenvalue weighted by Crippen LogP contribution is -2.45. The minimum absolute atomic E-state index is 0. The SMILES string of the molecule is CCNC(=NCC(C)(O)c1ccco1)NCC1CCCN(C)C1c1ccc(OC)cc1.I. The third kappa shape index (κ3) is 6.86. The predicted molar refractivity (Wildman–Crippen MR) is 139 cm³/mol. The Balaban J connectivity index is 0.00000363. The van der Waals surface area contributed by atoms with Gasteiger partial charge < -0.3 is 24.9 Å². The fourth-order valence-corrected chi connectivity index (χ4v) is 4.27. The molecule has 0 saturated carbocycles. The van der Waals surface area contributed by atoms with Crippen molar-refractivity contribution in [2.24, 2.45) is 10.9 Å². The molecule has 1 aliphatic rings. The molecular weight excluding hydrogens is 519 g/mol. The van der Waals surface area contributed by atoms with Gasteiger partial charge in [-0.05, 0) is 76.0 Å². The standard InChI is InChI=1S/C24H36N4O3.HI/c1-5-25-23(27-17-24(2,29)21-9-7-15-31-21)26-16-19-8-6-14-28(3)22(19)18-10-12-20(30-4)13-11-18;/h7,9-13,15,19,22,29H,5-6,8,14,16-17H2,1-4H3,(H2,25,26,27);1H. The number of piperidine rings is 1. The maximum absolute atomic E-state index is 10.7. The molecule has 8 heteroatoms. The number of hydrogen-bond acceptors (Lipinski definition) is 5. The molecule has 1 aliphatic heterocycles. The normalized spacial score (nSPS) is 21.3. The van der Waals surface area contributed by atoms with E-state index < -0.39 is 5.60 Å². The minimum atomic E-state index is -1.15. The number of aliphatic imine (C=N–C) groups is 1. The number of hydrogen-bond donors (Lipinski definition) is 3. The van der Waals surface area contributed by atoms with Gasteiger partial charge in [0.15, 0.2) is 5.96 Å². The van der Waals surface area contributed by atoms with Gasteiger partial charge >= 0.3 is 0 Å². The molecule has 0 amide bonds. The Kier molecular flexibility index (Phi) is 10.3. The summed E-state index contributed by atoms with van der Waals surface area (Å²) in [4.78, 5) is 7.05. The highest BCUT2D eigenvalue weighted by atomic mass is 127. The van der Waals surface area contributed by atoms with Gasteiger partial charge in [-0.25, -0.2) is 4.99 Å². The highest BCUT2D eigenvalue weighted by molar-refractivity contribution is 14.0. The van der Waals surface area contributed by atoms with Crippen LogP contribution in [0.1, 0.15) is 44.1 Å². The topological polar surface area (TPSA) is 82.3 Å². The highest BCUT2D eigenvalue weighted by Gasteiger charge is 2.31. The molecule has 178 valence electrons. The number of benzene rings is 1. The molecule has 2 aromatic rings. The second-order valence-corrected chi connectivity index (χ2v) is 8.43. The van der Waals surface area contributed by atoms with Crippen LogP contribution >= 0.6 is 24.0 Å². The van der Waals surface area contributed by atoms with Crippen LogP contribution in [-0.2, 0) is 5.60 Å². The van der Waals surface area contributed by atoms with E-state index in [9.17, 15) is 5.11 Å². The van der Waals surface area contributed by atoms with Crippen LogP contribution in [-0.4, -0.2) is 56.3 Å². The first-order valence-corrected chi connectivity index (χ1v) is 11.1. The zero-order valence-corrected chi connectivity index (χ0v) is 21.8. The number of guanidine groups is 1. The van der Waals surface area contributed by atoms with Crippen LogP contribution in [0.25, 0.3) is 0 Å². The molecule has 3 atom stereocenters. The van der Waals surface area contributed by atoms with Crippen LogP contribution in [0.15, 0.2) is 52.1 Å². The van der Waals surface area contributed by atoms with E-state index in [2.05, 4.69) is 39.7 Å². The summed E-state index contributed by atoms with van der Waals surface area (Å²) in [5, 5.41) is 17.5. The van der Waals surface area contributed by atoms with Gasteiger partial charge in [-0.3, -0.25) is 4.90 Å². The van der Waals surface area contributed by atoms with Crippen LogP contribution in [0.4, 0.5) is 0 Å². The Morgan fingerprint density at radius 3 is 2.66 bits per heavy atom. The lowest BCUT2D eigenvalue weighted by molar-refractivity contribution is 0.0436. The summed E-state index contributed by atoms with van der Waals surface area (Å²) in [6.07, 6.45) is 3.89. The molecule has 0 bridgehead atoms. The van der Waals surface area contributed by atoms with Gasteiger partial charge in [-0.2, -0.15) is 0 Å². The van der Waals surface area contributed by atoms with Crippen molar-refractivity contribution in [1.29, 1.82) is 0 Å². The Morgan fingerprint density at radius 2 is 2.03 bits per heavy atom. The lowest BCUT2D eigenvalue weighted by atomic mass is 9.85. The van der Waals surface area contributed by atoms with Crippen molar-refractivity contribution in [3.63, 3.8) is 0 Å². The first kappa shape index (κ1) is 26.5.